The molecule has 24 heavy (non-hydrogen) atoms. The molecule has 1 atom stereocenters. The lowest BCUT2D eigenvalue weighted by atomic mass is 10.1. The van der Waals surface area contributed by atoms with Crippen LogP contribution in [0.2, 0.25) is 5.02 Å². The third-order valence-corrected chi connectivity index (χ3v) is 5.28. The van der Waals surface area contributed by atoms with Crippen LogP contribution in [0.3, 0.4) is 0 Å². The van der Waals surface area contributed by atoms with E-state index in [-0.39, 0.29) is 15.8 Å². The maximum Gasteiger partial charge on any atom is 0.417 e. The fourth-order valence-electron chi connectivity index (χ4n) is 1.68. The summed E-state index contributed by atoms with van der Waals surface area (Å²) in [6.07, 6.45) is -3.88. The van der Waals surface area contributed by atoms with Crippen LogP contribution in [-0.2, 0) is 11.0 Å². The second-order valence-electron chi connectivity index (χ2n) is 4.65. The molecule has 0 bridgehead atoms. The molecule has 0 aliphatic carbocycles. The summed E-state index contributed by atoms with van der Waals surface area (Å²) in [5.41, 5.74) is -0.250. The van der Waals surface area contributed by atoms with Gasteiger partial charge >= 0.3 is 6.18 Å². The van der Waals surface area contributed by atoms with Crippen LogP contribution in [0, 0.1) is 18.3 Å². The minimum atomic E-state index is -4.54. The molecule has 2 aromatic rings. The Hall–Kier alpha value is -1.63. The van der Waals surface area contributed by atoms with Crippen molar-refractivity contribution in [3.8, 4) is 6.07 Å². The van der Waals surface area contributed by atoms with Crippen molar-refractivity contribution in [1.29, 1.82) is 5.26 Å². The minimum Gasteiger partial charge on any atom is -0.297 e. The molecule has 0 amide bonds. The summed E-state index contributed by atoms with van der Waals surface area (Å²) in [5.74, 6) is -1.56. The SMILES string of the molecule is Cc1csc(C(C#N)C(=O)CSc2ncc(C(F)(F)F)cc2Cl)n1. The van der Waals surface area contributed by atoms with Crippen molar-refractivity contribution < 1.29 is 18.0 Å². The highest BCUT2D eigenvalue weighted by Gasteiger charge is 2.32. The standard InChI is InChI=1S/C14H9ClF3N3OS2/c1-7-5-23-12(21-7)9(3-19)11(22)6-24-13-10(15)2-8(4-20-13)14(16,17)18/h2,4-5,9H,6H2,1H3. The lowest BCUT2D eigenvalue weighted by molar-refractivity contribution is -0.137. The third-order valence-electron chi connectivity index (χ3n) is 2.82. The van der Waals surface area contributed by atoms with Gasteiger partial charge < -0.3 is 0 Å². The Kier molecular flexibility index (Phi) is 5.85. The van der Waals surface area contributed by atoms with Crippen molar-refractivity contribution in [2.45, 2.75) is 24.0 Å². The molecule has 0 spiro atoms. The molecule has 0 aliphatic heterocycles. The Balaban J connectivity index is 2.07. The summed E-state index contributed by atoms with van der Waals surface area (Å²) in [6, 6.07) is 2.65. The normalized spacial score (nSPS) is 12.7. The van der Waals surface area contributed by atoms with Gasteiger partial charge in [0.05, 0.1) is 22.4 Å². The van der Waals surface area contributed by atoms with Crippen molar-refractivity contribution in [2.24, 2.45) is 0 Å². The van der Waals surface area contributed by atoms with E-state index < -0.39 is 23.4 Å². The molecule has 2 aromatic heterocycles. The topological polar surface area (TPSA) is 66.6 Å². The second-order valence-corrected chi connectivity index (χ2v) is 6.91. The Morgan fingerprint density at radius 1 is 1.54 bits per heavy atom. The van der Waals surface area contributed by atoms with Gasteiger partial charge in [-0.1, -0.05) is 23.4 Å². The summed E-state index contributed by atoms with van der Waals surface area (Å²) in [4.78, 5) is 19.9. The van der Waals surface area contributed by atoms with Crippen LogP contribution in [0.15, 0.2) is 22.7 Å². The molecule has 0 aliphatic rings. The second kappa shape index (κ2) is 7.51. The molecule has 2 heterocycles. The monoisotopic (exact) mass is 391 g/mol. The van der Waals surface area contributed by atoms with Crippen LogP contribution in [0.1, 0.15) is 22.2 Å². The fraction of sp³-hybridized carbons (Fsp3) is 0.286. The van der Waals surface area contributed by atoms with E-state index in [9.17, 15) is 18.0 Å². The van der Waals surface area contributed by atoms with Crippen molar-refractivity contribution in [2.75, 3.05) is 5.75 Å². The number of ketones is 1. The quantitative estimate of drug-likeness (QED) is 0.702. The Bertz CT molecular complexity index is 801. The van der Waals surface area contributed by atoms with Crippen molar-refractivity contribution >= 4 is 40.5 Å². The number of carbonyl (C=O) groups is 1. The molecule has 2 rings (SSSR count). The van der Waals surface area contributed by atoms with Gasteiger partial charge in [0, 0.05) is 17.3 Å². The van der Waals surface area contributed by atoms with E-state index in [1.165, 1.54) is 11.3 Å². The summed E-state index contributed by atoms with van der Waals surface area (Å²) < 4.78 is 37.7. The van der Waals surface area contributed by atoms with E-state index in [4.69, 9.17) is 16.9 Å². The number of hydrogen-bond donors (Lipinski definition) is 0. The number of aryl methyl sites for hydroxylation is 1. The first kappa shape index (κ1) is 18.7. The van der Waals surface area contributed by atoms with Crippen LogP contribution in [0.4, 0.5) is 13.2 Å². The maximum absolute atomic E-state index is 12.6. The van der Waals surface area contributed by atoms with Crippen LogP contribution in [0.25, 0.3) is 0 Å². The zero-order chi connectivity index (χ0) is 17.9. The van der Waals surface area contributed by atoms with Crippen LogP contribution in [0.5, 0.6) is 0 Å². The highest BCUT2D eigenvalue weighted by atomic mass is 35.5. The smallest absolute Gasteiger partial charge is 0.297 e. The third kappa shape index (κ3) is 4.47. The van der Waals surface area contributed by atoms with Crippen molar-refractivity contribution in [3.63, 3.8) is 0 Å². The number of halogens is 4. The number of hydrogen-bond acceptors (Lipinski definition) is 6. The van der Waals surface area contributed by atoms with E-state index >= 15 is 0 Å². The number of thiazole rings is 1. The first-order chi connectivity index (χ1) is 11.2. The highest BCUT2D eigenvalue weighted by molar-refractivity contribution is 8.00. The fourth-order valence-corrected chi connectivity index (χ4v) is 3.64. The van der Waals surface area contributed by atoms with Crippen LogP contribution >= 0.6 is 34.7 Å². The lowest BCUT2D eigenvalue weighted by Crippen LogP contribution is -2.13. The number of pyridine rings is 1. The van der Waals surface area contributed by atoms with Crippen molar-refractivity contribution in [3.05, 3.63) is 38.9 Å². The number of carbonyl (C=O) groups excluding carboxylic acids is 1. The summed E-state index contributed by atoms with van der Waals surface area (Å²) >= 11 is 7.88. The van der Waals surface area contributed by atoms with E-state index in [0.29, 0.717) is 16.9 Å². The Morgan fingerprint density at radius 3 is 2.75 bits per heavy atom. The predicted octanol–water partition coefficient (Wildman–Crippen LogP) is 4.49. The van der Waals surface area contributed by atoms with E-state index in [0.717, 1.165) is 17.8 Å². The average molecular weight is 392 g/mol. The lowest BCUT2D eigenvalue weighted by Gasteiger charge is -2.09. The summed E-state index contributed by atoms with van der Waals surface area (Å²) in [5, 5.41) is 11.2. The van der Waals surface area contributed by atoms with Gasteiger partial charge in [-0.3, -0.25) is 4.79 Å². The Morgan fingerprint density at radius 2 is 2.25 bits per heavy atom. The van der Waals surface area contributed by atoms with E-state index in [1.54, 1.807) is 12.3 Å². The minimum absolute atomic E-state index is 0.102. The highest BCUT2D eigenvalue weighted by Crippen LogP contribution is 2.34. The number of thioether (sulfide) groups is 1. The van der Waals surface area contributed by atoms with Crippen molar-refractivity contribution in [1.82, 2.24) is 9.97 Å². The number of aromatic nitrogens is 2. The van der Waals surface area contributed by atoms with Gasteiger partial charge in [0.15, 0.2) is 11.7 Å². The first-order valence-corrected chi connectivity index (χ1v) is 8.66. The van der Waals surface area contributed by atoms with Crippen LogP contribution in [-0.4, -0.2) is 21.5 Å². The number of Topliss-reactive ketones (excluding diaryl/α,β-unsaturated/α-hetero) is 1. The molecule has 0 saturated carbocycles. The molecule has 0 radical (unpaired) electrons. The van der Waals surface area contributed by atoms with E-state index in [1.807, 2.05) is 6.07 Å². The predicted molar refractivity (Wildman–Crippen MR) is 85.2 cm³/mol. The zero-order valence-electron chi connectivity index (χ0n) is 12.1. The zero-order valence-corrected chi connectivity index (χ0v) is 14.5. The number of nitrogens with zero attached hydrogens (tertiary/aromatic N) is 3. The van der Waals surface area contributed by atoms with Gasteiger partial charge in [-0.25, -0.2) is 9.97 Å². The van der Waals surface area contributed by atoms with Crippen LogP contribution < -0.4 is 0 Å². The summed E-state index contributed by atoms with van der Waals surface area (Å²) in [7, 11) is 0. The average Bonchev–Trinajstić information content (AvgIpc) is 2.92. The largest absolute Gasteiger partial charge is 0.417 e. The molecule has 0 fully saturated rings. The molecule has 126 valence electrons. The van der Waals surface area contributed by atoms with Gasteiger partial charge in [-0.2, -0.15) is 18.4 Å². The van der Waals surface area contributed by atoms with Gasteiger partial charge in [0.2, 0.25) is 0 Å². The number of alkyl halides is 3. The number of nitriles is 1. The summed E-state index contributed by atoms with van der Waals surface area (Å²) in [6.45, 7) is 1.75. The molecule has 10 heteroatoms. The molecule has 0 aromatic carbocycles. The molecular weight excluding hydrogens is 383 g/mol. The molecule has 4 nitrogen and oxygen atoms in total. The number of rotatable bonds is 5. The van der Waals surface area contributed by atoms with E-state index in [2.05, 4.69) is 9.97 Å². The van der Waals surface area contributed by atoms with Gasteiger partial charge in [0.25, 0.3) is 0 Å². The Labute approximate surface area is 148 Å². The molecule has 1 unspecified atom stereocenters. The first-order valence-electron chi connectivity index (χ1n) is 6.42. The maximum atomic E-state index is 12.6. The van der Waals surface area contributed by atoms with Gasteiger partial charge in [-0.05, 0) is 13.0 Å². The molecule has 0 saturated heterocycles. The molecular formula is C14H9ClF3N3OS2. The van der Waals surface area contributed by atoms with Gasteiger partial charge in [-0.15, -0.1) is 11.3 Å². The van der Waals surface area contributed by atoms with Gasteiger partial charge in [0.1, 0.15) is 10.0 Å². The molecule has 0 N–H and O–H groups in total.